The van der Waals surface area contributed by atoms with Crippen LogP contribution in [0, 0.1) is 0 Å². The number of rotatable bonds is 4. The lowest BCUT2D eigenvalue weighted by Gasteiger charge is -2.34. The minimum absolute atomic E-state index is 0.153. The second-order valence-corrected chi connectivity index (χ2v) is 8.11. The summed E-state index contributed by atoms with van der Waals surface area (Å²) in [5.74, 6) is -3.95. The van der Waals surface area contributed by atoms with Crippen LogP contribution >= 0.6 is 0 Å². The number of alkyl halides is 2. The van der Waals surface area contributed by atoms with Crippen molar-refractivity contribution in [2.24, 2.45) is 0 Å². The first-order chi connectivity index (χ1) is 15.3. The number of nitrogens with one attached hydrogen (secondary N) is 2. The Hall–Kier alpha value is -3.76. The van der Waals surface area contributed by atoms with Gasteiger partial charge in [0.25, 0.3) is 5.91 Å². The number of H-pyrrole nitrogens is 1. The normalized spacial score (nSPS) is 19.5. The summed E-state index contributed by atoms with van der Waals surface area (Å²) in [6.07, 6.45) is 3.35. The second kappa shape index (κ2) is 7.14. The highest BCUT2D eigenvalue weighted by atomic mass is 19.3. The summed E-state index contributed by atoms with van der Waals surface area (Å²) in [7, 11) is 0. The van der Waals surface area contributed by atoms with Crippen LogP contribution in [0.3, 0.4) is 0 Å². The molecule has 0 bridgehead atoms. The van der Waals surface area contributed by atoms with E-state index in [-0.39, 0.29) is 18.4 Å². The lowest BCUT2D eigenvalue weighted by molar-refractivity contribution is -0.135. The fraction of sp³-hybridized carbons (Fsp3) is 0.333. The molecule has 4 heterocycles. The van der Waals surface area contributed by atoms with Gasteiger partial charge < -0.3 is 5.32 Å². The van der Waals surface area contributed by atoms with E-state index in [2.05, 4.69) is 25.5 Å². The maximum Gasteiger partial charge on any atom is 0.325 e. The molecule has 0 unspecified atom stereocenters. The number of amides is 3. The van der Waals surface area contributed by atoms with Crippen molar-refractivity contribution in [1.82, 2.24) is 30.4 Å². The molecular formula is C21H18F2N6O3. The molecule has 1 saturated carbocycles. The predicted molar refractivity (Wildman–Crippen MR) is 108 cm³/mol. The Labute approximate surface area is 180 Å². The molecule has 1 spiro atoms. The van der Waals surface area contributed by atoms with Crippen LogP contribution in [-0.4, -0.2) is 60.8 Å². The predicted octanol–water partition coefficient (Wildman–Crippen LogP) is 2.70. The molecule has 2 N–H and O–H groups in total. The Morgan fingerprint density at radius 2 is 1.84 bits per heavy atom. The molecule has 9 nitrogen and oxygen atoms in total. The zero-order chi connectivity index (χ0) is 22.5. The van der Waals surface area contributed by atoms with Gasteiger partial charge in [0.05, 0.1) is 18.4 Å². The molecule has 164 valence electrons. The number of hydrogen-bond acceptors (Lipinski definition) is 6. The number of aromatic nitrogens is 4. The average Bonchev–Trinajstić information content (AvgIpc) is 3.35. The monoisotopic (exact) mass is 440 g/mol. The smallest absolute Gasteiger partial charge is 0.323 e. The highest BCUT2D eigenvalue weighted by molar-refractivity contribution is 6.11. The standard InChI is InChI=1S/C21H18F2N6O3/c22-21(23)6-4-20(5-7-21)18(31)29(19(32)27-20)11-16(30)12-1-2-15(25-9-12)13-3-8-24-17-14(13)10-26-28-17/h1-3,8-10H,4-7,11H2,(H,27,32)(H,24,26,28). The van der Waals surface area contributed by atoms with Gasteiger partial charge in [-0.05, 0) is 31.0 Å². The second-order valence-electron chi connectivity index (χ2n) is 8.11. The van der Waals surface area contributed by atoms with E-state index in [1.165, 1.54) is 6.20 Å². The molecule has 3 amide bonds. The van der Waals surface area contributed by atoms with E-state index in [0.717, 1.165) is 15.8 Å². The van der Waals surface area contributed by atoms with Gasteiger partial charge in [-0.3, -0.25) is 24.6 Å². The van der Waals surface area contributed by atoms with Gasteiger partial charge in [0.15, 0.2) is 11.4 Å². The zero-order valence-corrected chi connectivity index (χ0v) is 16.8. The lowest BCUT2D eigenvalue weighted by atomic mass is 9.80. The number of hydrogen-bond donors (Lipinski definition) is 2. The number of halogens is 2. The first-order valence-electron chi connectivity index (χ1n) is 10.1. The number of aromatic amines is 1. The summed E-state index contributed by atoms with van der Waals surface area (Å²) in [5, 5.41) is 10.0. The van der Waals surface area contributed by atoms with Gasteiger partial charge in [0.2, 0.25) is 5.92 Å². The number of urea groups is 1. The highest BCUT2D eigenvalue weighted by Crippen LogP contribution is 2.41. The first kappa shape index (κ1) is 20.2. The van der Waals surface area contributed by atoms with Crippen molar-refractivity contribution in [3.05, 3.63) is 42.4 Å². The van der Waals surface area contributed by atoms with E-state index in [4.69, 9.17) is 0 Å². The third-order valence-corrected chi connectivity index (χ3v) is 6.10. The molecule has 1 aliphatic carbocycles. The van der Waals surface area contributed by atoms with Gasteiger partial charge in [0.1, 0.15) is 5.54 Å². The van der Waals surface area contributed by atoms with Gasteiger partial charge in [-0.1, -0.05) is 0 Å². The largest absolute Gasteiger partial charge is 0.325 e. The molecule has 32 heavy (non-hydrogen) atoms. The number of nitrogens with zero attached hydrogens (tertiary/aromatic N) is 4. The Morgan fingerprint density at radius 1 is 1.06 bits per heavy atom. The fourth-order valence-electron chi connectivity index (χ4n) is 4.23. The first-order valence-corrected chi connectivity index (χ1v) is 10.1. The maximum absolute atomic E-state index is 13.5. The Balaban J connectivity index is 1.32. The van der Waals surface area contributed by atoms with Crippen LogP contribution < -0.4 is 5.32 Å². The van der Waals surface area contributed by atoms with Crippen LogP contribution in [0.2, 0.25) is 0 Å². The molecule has 0 atom stereocenters. The molecule has 2 fully saturated rings. The summed E-state index contributed by atoms with van der Waals surface area (Å²) in [4.78, 5) is 47.2. The Bertz CT molecular complexity index is 1230. The molecule has 11 heteroatoms. The van der Waals surface area contributed by atoms with Gasteiger partial charge in [-0.25, -0.2) is 18.6 Å². The van der Waals surface area contributed by atoms with E-state index < -0.39 is 48.6 Å². The fourth-order valence-corrected chi connectivity index (χ4v) is 4.23. The number of fused-ring (bicyclic) bond motifs is 1. The van der Waals surface area contributed by atoms with Gasteiger partial charge in [0, 0.05) is 41.7 Å². The van der Waals surface area contributed by atoms with Crippen molar-refractivity contribution < 1.29 is 23.2 Å². The Kier molecular flexibility index (Phi) is 4.50. The average molecular weight is 440 g/mol. The highest BCUT2D eigenvalue weighted by Gasteiger charge is 2.55. The minimum Gasteiger partial charge on any atom is -0.323 e. The van der Waals surface area contributed by atoms with Crippen LogP contribution in [-0.2, 0) is 4.79 Å². The maximum atomic E-state index is 13.5. The van der Waals surface area contributed by atoms with Crippen molar-refractivity contribution in [2.45, 2.75) is 37.1 Å². The van der Waals surface area contributed by atoms with Crippen LogP contribution in [0.4, 0.5) is 13.6 Å². The molecule has 3 aromatic heterocycles. The third-order valence-electron chi connectivity index (χ3n) is 6.10. The number of carbonyl (C=O) groups is 3. The van der Waals surface area contributed by atoms with E-state index in [0.29, 0.717) is 11.3 Å². The number of pyridine rings is 2. The van der Waals surface area contributed by atoms with Crippen LogP contribution in [0.1, 0.15) is 36.0 Å². The molecule has 1 aliphatic heterocycles. The van der Waals surface area contributed by atoms with Crippen LogP contribution in [0.25, 0.3) is 22.3 Å². The van der Waals surface area contributed by atoms with Crippen molar-refractivity contribution in [3.8, 4) is 11.3 Å². The summed E-state index contributed by atoms with van der Waals surface area (Å²) in [5.41, 5.74) is 0.874. The topological polar surface area (TPSA) is 121 Å². The van der Waals surface area contributed by atoms with E-state index in [1.807, 2.05) is 0 Å². The van der Waals surface area contributed by atoms with Crippen molar-refractivity contribution >= 4 is 28.8 Å². The van der Waals surface area contributed by atoms with Crippen LogP contribution in [0.5, 0.6) is 0 Å². The molecule has 5 rings (SSSR count). The Morgan fingerprint density at radius 3 is 2.56 bits per heavy atom. The third kappa shape index (κ3) is 3.29. The van der Waals surface area contributed by atoms with Crippen molar-refractivity contribution in [3.63, 3.8) is 0 Å². The molecule has 2 aliphatic rings. The zero-order valence-electron chi connectivity index (χ0n) is 16.8. The van der Waals surface area contributed by atoms with Gasteiger partial charge in [-0.2, -0.15) is 5.10 Å². The molecule has 0 aromatic carbocycles. The van der Waals surface area contributed by atoms with E-state index in [9.17, 15) is 23.2 Å². The number of carbonyl (C=O) groups excluding carboxylic acids is 3. The van der Waals surface area contributed by atoms with Crippen molar-refractivity contribution in [1.29, 1.82) is 0 Å². The number of imide groups is 1. The number of Topliss-reactive ketones (excluding diaryl/α,β-unsaturated/α-hetero) is 1. The van der Waals surface area contributed by atoms with E-state index in [1.54, 1.807) is 30.6 Å². The molecule has 1 saturated heterocycles. The molecule has 3 aromatic rings. The quantitative estimate of drug-likeness (QED) is 0.475. The SMILES string of the molecule is O=C(CN1C(=O)NC2(CCC(F)(F)CC2)C1=O)c1ccc(-c2ccnc3[nH]ncc23)nc1. The van der Waals surface area contributed by atoms with Gasteiger partial charge in [-0.15, -0.1) is 0 Å². The summed E-state index contributed by atoms with van der Waals surface area (Å²) >= 11 is 0. The lowest BCUT2D eigenvalue weighted by Crippen LogP contribution is -2.51. The van der Waals surface area contributed by atoms with Gasteiger partial charge >= 0.3 is 6.03 Å². The number of ketones is 1. The van der Waals surface area contributed by atoms with Crippen molar-refractivity contribution in [2.75, 3.05) is 6.54 Å². The minimum atomic E-state index is -2.84. The molecule has 0 radical (unpaired) electrons. The summed E-state index contributed by atoms with van der Waals surface area (Å²) in [6, 6.07) is 4.26. The van der Waals surface area contributed by atoms with Crippen LogP contribution in [0.15, 0.2) is 36.8 Å². The summed E-state index contributed by atoms with van der Waals surface area (Å²) < 4.78 is 27.0. The molecular weight excluding hydrogens is 422 g/mol. The van der Waals surface area contributed by atoms with E-state index >= 15 is 0 Å². The summed E-state index contributed by atoms with van der Waals surface area (Å²) in [6.45, 7) is -0.481.